The Morgan fingerprint density at radius 2 is 1.92 bits per heavy atom. The molecule has 4 aromatic rings. The lowest BCUT2D eigenvalue weighted by atomic mass is 10.0. The summed E-state index contributed by atoms with van der Waals surface area (Å²) in [5.41, 5.74) is 4.28. The fourth-order valence-corrected chi connectivity index (χ4v) is 4.33. The maximum absolute atomic E-state index is 13.5. The molecular weight excluding hydrogens is 477 g/mol. The highest BCUT2D eigenvalue weighted by Crippen LogP contribution is 2.33. The number of ether oxygens (including phenoxy) is 1. The highest BCUT2D eigenvalue weighted by molar-refractivity contribution is 5.97. The van der Waals surface area contributed by atoms with Crippen molar-refractivity contribution < 1.29 is 18.7 Å². The van der Waals surface area contributed by atoms with Crippen LogP contribution in [0.1, 0.15) is 55.7 Å². The second-order valence-electron chi connectivity index (χ2n) is 8.70. The number of aromatic nitrogens is 5. The highest BCUT2D eigenvalue weighted by Gasteiger charge is 2.26. The number of carbonyl (C=O) groups excluding carboxylic acids is 2. The van der Waals surface area contributed by atoms with Gasteiger partial charge in [0.25, 0.3) is 11.8 Å². The van der Waals surface area contributed by atoms with Crippen LogP contribution in [0.5, 0.6) is 6.01 Å². The smallest absolute Gasteiger partial charge is 0.317 e. The van der Waals surface area contributed by atoms with Gasteiger partial charge in [0.2, 0.25) is 0 Å². The zero-order valence-electron chi connectivity index (χ0n) is 20.2. The van der Waals surface area contributed by atoms with Crippen LogP contribution in [0, 0.1) is 12.7 Å². The van der Waals surface area contributed by atoms with Crippen LogP contribution in [-0.2, 0) is 13.0 Å². The zero-order chi connectivity index (χ0) is 25.9. The number of hydrogen-bond donors (Lipinski definition) is 3. The van der Waals surface area contributed by atoms with E-state index in [1.807, 2.05) is 18.2 Å². The molecule has 3 N–H and O–H groups in total. The van der Waals surface area contributed by atoms with Gasteiger partial charge in [-0.1, -0.05) is 24.3 Å². The second-order valence-corrected chi connectivity index (χ2v) is 8.70. The number of nitrogens with one attached hydrogen (secondary N) is 3. The van der Waals surface area contributed by atoms with Crippen molar-refractivity contribution >= 4 is 11.8 Å². The third-order valence-corrected chi connectivity index (χ3v) is 6.24. The van der Waals surface area contributed by atoms with Gasteiger partial charge in [0.15, 0.2) is 5.82 Å². The Morgan fingerprint density at radius 1 is 1.11 bits per heavy atom. The van der Waals surface area contributed by atoms with Crippen LogP contribution in [0.4, 0.5) is 4.39 Å². The molecule has 11 heteroatoms. The molecule has 188 valence electrons. The first-order chi connectivity index (χ1) is 17.9. The van der Waals surface area contributed by atoms with Crippen molar-refractivity contribution in [3.05, 3.63) is 88.3 Å². The van der Waals surface area contributed by atoms with Crippen LogP contribution >= 0.6 is 0 Å². The molecule has 1 aliphatic rings. The monoisotopic (exact) mass is 501 g/mol. The average Bonchev–Trinajstić information content (AvgIpc) is 3.59. The van der Waals surface area contributed by atoms with Gasteiger partial charge in [0.1, 0.15) is 23.5 Å². The number of aryl methyl sites for hydroxylation is 2. The molecule has 0 unspecified atom stereocenters. The number of hydrogen-bond acceptors (Lipinski definition) is 7. The second kappa shape index (κ2) is 10.1. The fourth-order valence-electron chi connectivity index (χ4n) is 4.33. The van der Waals surface area contributed by atoms with Crippen molar-refractivity contribution in [2.45, 2.75) is 32.4 Å². The van der Waals surface area contributed by atoms with Crippen molar-refractivity contribution in [1.29, 1.82) is 0 Å². The lowest BCUT2D eigenvalue weighted by Crippen LogP contribution is -2.29. The van der Waals surface area contributed by atoms with Crippen LogP contribution < -0.4 is 15.4 Å². The van der Waals surface area contributed by atoms with Gasteiger partial charge in [-0.25, -0.2) is 9.37 Å². The molecule has 0 fully saturated rings. The molecule has 1 aliphatic carbocycles. The first kappa shape index (κ1) is 24.0. The molecule has 2 heterocycles. The molecule has 0 saturated heterocycles. The normalized spacial score (nSPS) is 14.2. The Labute approximate surface area is 211 Å². The molecular formula is C26H24FN7O3. The van der Waals surface area contributed by atoms with Crippen LogP contribution in [0.25, 0.3) is 11.4 Å². The molecule has 2 aromatic heterocycles. The Morgan fingerprint density at radius 3 is 2.65 bits per heavy atom. The SMILES string of the molecule is COc1nc(C(=O)NCc2ccc(F)c(C)c2)cc(C(=O)N[C@H]2CCc3cc(-c4ncn[nH]4)ccc32)n1. The van der Waals surface area contributed by atoms with E-state index in [1.54, 1.807) is 19.1 Å². The van der Waals surface area contributed by atoms with Crippen molar-refractivity contribution in [2.24, 2.45) is 0 Å². The number of carbonyl (C=O) groups is 2. The summed E-state index contributed by atoms with van der Waals surface area (Å²) in [6.07, 6.45) is 2.99. The predicted molar refractivity (Wildman–Crippen MR) is 131 cm³/mol. The van der Waals surface area contributed by atoms with Crippen molar-refractivity contribution in [3.63, 3.8) is 0 Å². The fraction of sp³-hybridized carbons (Fsp3) is 0.231. The summed E-state index contributed by atoms with van der Waals surface area (Å²) in [5.74, 6) is -0.584. The maximum Gasteiger partial charge on any atom is 0.317 e. The summed E-state index contributed by atoms with van der Waals surface area (Å²) < 4.78 is 18.6. The largest absolute Gasteiger partial charge is 0.467 e. The Kier molecular flexibility index (Phi) is 6.59. The summed E-state index contributed by atoms with van der Waals surface area (Å²) in [4.78, 5) is 38.3. The summed E-state index contributed by atoms with van der Waals surface area (Å²) in [6.45, 7) is 1.82. The van der Waals surface area contributed by atoms with Crippen molar-refractivity contribution in [3.8, 4) is 17.4 Å². The number of aromatic amines is 1. The topological polar surface area (TPSA) is 135 Å². The minimum Gasteiger partial charge on any atom is -0.467 e. The van der Waals surface area contributed by atoms with Gasteiger partial charge in [-0.2, -0.15) is 15.1 Å². The van der Waals surface area contributed by atoms with E-state index in [-0.39, 0.29) is 35.8 Å². The third-order valence-electron chi connectivity index (χ3n) is 6.24. The molecule has 0 spiro atoms. The Bertz CT molecular complexity index is 1470. The molecule has 2 aromatic carbocycles. The molecule has 2 amide bonds. The lowest BCUT2D eigenvalue weighted by molar-refractivity contribution is 0.0930. The van der Waals surface area contributed by atoms with Crippen LogP contribution in [0.3, 0.4) is 0 Å². The average molecular weight is 502 g/mol. The van der Waals surface area contributed by atoms with Crippen LogP contribution in [0.2, 0.25) is 0 Å². The lowest BCUT2D eigenvalue weighted by Gasteiger charge is -2.15. The first-order valence-electron chi connectivity index (χ1n) is 11.7. The van der Waals surface area contributed by atoms with Gasteiger partial charge in [-0.05, 0) is 54.2 Å². The number of fused-ring (bicyclic) bond motifs is 1. The highest BCUT2D eigenvalue weighted by atomic mass is 19.1. The predicted octanol–water partition coefficient (Wildman–Crippen LogP) is 3.07. The van der Waals surface area contributed by atoms with Crippen molar-refractivity contribution in [1.82, 2.24) is 35.8 Å². The van der Waals surface area contributed by atoms with E-state index >= 15 is 0 Å². The molecule has 0 radical (unpaired) electrons. The number of amides is 2. The van der Waals surface area contributed by atoms with Gasteiger partial charge in [-0.3, -0.25) is 14.7 Å². The van der Waals surface area contributed by atoms with E-state index in [0.717, 1.165) is 35.1 Å². The minimum atomic E-state index is -0.511. The van der Waals surface area contributed by atoms with E-state index < -0.39 is 11.8 Å². The number of methoxy groups -OCH3 is 1. The number of benzene rings is 2. The minimum absolute atomic E-state index is 0.0145. The maximum atomic E-state index is 13.5. The molecule has 1 atom stereocenters. The number of rotatable bonds is 7. The van der Waals surface area contributed by atoms with Gasteiger partial charge in [0.05, 0.1) is 13.2 Å². The third kappa shape index (κ3) is 5.15. The van der Waals surface area contributed by atoms with E-state index in [1.165, 1.54) is 25.6 Å². The zero-order valence-corrected chi connectivity index (χ0v) is 20.2. The molecule has 5 rings (SSSR count). The summed E-state index contributed by atoms with van der Waals surface area (Å²) in [6, 6.07) is 11.6. The van der Waals surface area contributed by atoms with E-state index in [2.05, 4.69) is 35.8 Å². The Balaban J connectivity index is 1.29. The van der Waals surface area contributed by atoms with E-state index in [0.29, 0.717) is 11.4 Å². The quantitative estimate of drug-likeness (QED) is 0.354. The molecule has 0 aliphatic heterocycles. The molecule has 37 heavy (non-hydrogen) atoms. The molecule has 10 nitrogen and oxygen atoms in total. The number of H-pyrrole nitrogens is 1. The van der Waals surface area contributed by atoms with Crippen LogP contribution in [0.15, 0.2) is 48.8 Å². The summed E-state index contributed by atoms with van der Waals surface area (Å²) >= 11 is 0. The molecule has 0 bridgehead atoms. The van der Waals surface area contributed by atoms with E-state index in [4.69, 9.17) is 4.74 Å². The van der Waals surface area contributed by atoms with Crippen molar-refractivity contribution in [2.75, 3.05) is 7.11 Å². The summed E-state index contributed by atoms with van der Waals surface area (Å²) in [5, 5.41) is 12.5. The van der Waals surface area contributed by atoms with Gasteiger partial charge >= 0.3 is 6.01 Å². The summed E-state index contributed by atoms with van der Waals surface area (Å²) in [7, 11) is 1.36. The molecule has 0 saturated carbocycles. The van der Waals surface area contributed by atoms with E-state index in [9.17, 15) is 14.0 Å². The number of halogens is 1. The first-order valence-corrected chi connectivity index (χ1v) is 11.7. The number of nitrogens with zero attached hydrogens (tertiary/aromatic N) is 4. The Hall–Kier alpha value is -4.67. The van der Waals surface area contributed by atoms with Gasteiger partial charge < -0.3 is 15.4 Å². The standard InChI is InChI=1S/C26H24FN7O3/c1-14-9-15(3-7-19(14)27)12-28-24(35)21-11-22(33-26(32-21)37-2)25(36)31-20-8-5-16-10-17(4-6-18(16)20)23-29-13-30-34-23/h3-4,6-7,9-11,13,20H,5,8,12H2,1-2H3,(H,28,35)(H,31,36)(H,29,30,34)/t20-/m0/s1. The van der Waals surface area contributed by atoms with Crippen LogP contribution in [-0.4, -0.2) is 44.1 Å². The van der Waals surface area contributed by atoms with Gasteiger partial charge in [0, 0.05) is 18.2 Å². The van der Waals surface area contributed by atoms with Gasteiger partial charge in [-0.15, -0.1) is 0 Å².